The van der Waals surface area contributed by atoms with Gasteiger partial charge in [0.15, 0.2) is 5.78 Å². The number of alkyl halides is 6. The zero-order valence-corrected chi connectivity index (χ0v) is 23.3. The maximum absolute atomic E-state index is 14.6. The molecule has 0 spiro atoms. The third-order valence-corrected chi connectivity index (χ3v) is 8.58. The van der Waals surface area contributed by atoms with Crippen LogP contribution in [-0.2, 0) is 11.0 Å². The fourth-order valence-corrected chi connectivity index (χ4v) is 6.35. The van der Waals surface area contributed by atoms with Crippen LogP contribution in [0.25, 0.3) is 0 Å². The number of hydrogen-bond acceptors (Lipinski definition) is 7. The molecule has 4 rings (SSSR count). The van der Waals surface area contributed by atoms with Gasteiger partial charge in [-0.25, -0.2) is 0 Å². The van der Waals surface area contributed by atoms with Crippen molar-refractivity contribution >= 4 is 52.1 Å². The highest BCUT2D eigenvalue weighted by atomic mass is 35.5. The van der Waals surface area contributed by atoms with E-state index in [1.54, 1.807) is 6.07 Å². The number of carbonyl (C=O) groups excluding carboxylic acids is 2. The van der Waals surface area contributed by atoms with Crippen molar-refractivity contribution in [1.82, 2.24) is 5.32 Å². The van der Waals surface area contributed by atoms with E-state index in [4.69, 9.17) is 11.6 Å². The van der Waals surface area contributed by atoms with E-state index in [1.165, 1.54) is 47.8 Å². The third-order valence-electron chi connectivity index (χ3n) is 6.34. The van der Waals surface area contributed by atoms with E-state index in [0.29, 0.717) is 11.8 Å². The summed E-state index contributed by atoms with van der Waals surface area (Å²) in [6.07, 6.45) is -10.3. The van der Waals surface area contributed by atoms with Crippen molar-refractivity contribution < 1.29 is 41.0 Å². The molecule has 2 aromatic carbocycles. The number of aliphatic hydroxyl groups is 1. The van der Waals surface area contributed by atoms with E-state index in [0.717, 1.165) is 29.5 Å². The summed E-state index contributed by atoms with van der Waals surface area (Å²) in [5.74, 6) is -6.94. The van der Waals surface area contributed by atoms with Crippen LogP contribution in [0.1, 0.15) is 26.7 Å². The molecule has 1 aliphatic rings. The number of thioether (sulfide) groups is 1. The number of anilines is 1. The molecular formula is C27H18ClF6N3O3S2. The van der Waals surface area contributed by atoms with Crippen LogP contribution in [-0.4, -0.2) is 34.5 Å². The molecule has 1 aromatic heterocycles. The van der Waals surface area contributed by atoms with Crippen molar-refractivity contribution in [2.24, 2.45) is 5.92 Å². The summed E-state index contributed by atoms with van der Waals surface area (Å²) in [5.41, 5.74) is -6.14. The summed E-state index contributed by atoms with van der Waals surface area (Å²) in [6, 6.07) is 14.1. The molecule has 0 radical (unpaired) electrons. The van der Waals surface area contributed by atoms with Crippen molar-refractivity contribution in [3.05, 3.63) is 97.7 Å². The molecule has 6 nitrogen and oxygen atoms in total. The lowest BCUT2D eigenvalue weighted by Gasteiger charge is -2.45. The molecule has 0 fully saturated rings. The highest BCUT2D eigenvalue weighted by Crippen LogP contribution is 2.52. The van der Waals surface area contributed by atoms with Gasteiger partial charge in [0.2, 0.25) is 11.6 Å². The Morgan fingerprint density at radius 3 is 2.33 bits per heavy atom. The van der Waals surface area contributed by atoms with Gasteiger partial charge in [-0.2, -0.15) is 31.6 Å². The first kappa shape index (κ1) is 31.4. The number of nitrogens with zero attached hydrogens (tertiary/aromatic N) is 1. The van der Waals surface area contributed by atoms with Gasteiger partial charge in [0, 0.05) is 10.9 Å². The SMILES string of the molecule is N#CC1=C(SCC(=O)Nc2ccccc2C(F)(F)F)N[C@](O)(C(F)(F)F)[C@H](C(=O)c2cccs2)[C@H]1c1ccccc1Cl. The van der Waals surface area contributed by atoms with E-state index in [-0.39, 0.29) is 15.5 Å². The van der Waals surface area contributed by atoms with Crippen molar-refractivity contribution in [3.8, 4) is 6.07 Å². The Hall–Kier alpha value is -3.51. The second-order valence-corrected chi connectivity index (χ2v) is 11.3. The topological polar surface area (TPSA) is 102 Å². The Labute approximate surface area is 248 Å². The second kappa shape index (κ2) is 12.0. The number of hydrogen-bond donors (Lipinski definition) is 3. The maximum atomic E-state index is 14.6. The minimum atomic E-state index is -5.48. The maximum Gasteiger partial charge on any atom is 0.437 e. The summed E-state index contributed by atoms with van der Waals surface area (Å²) < 4.78 is 83.8. The summed E-state index contributed by atoms with van der Waals surface area (Å²) in [5, 5.41) is 26.0. The van der Waals surface area contributed by atoms with E-state index >= 15 is 0 Å². The average molecular weight is 646 g/mol. The van der Waals surface area contributed by atoms with Gasteiger partial charge in [-0.3, -0.25) is 9.59 Å². The Balaban J connectivity index is 1.78. The molecule has 0 saturated carbocycles. The molecule has 0 unspecified atom stereocenters. The number of ketones is 1. The molecule has 3 aromatic rings. The predicted molar refractivity (Wildman–Crippen MR) is 146 cm³/mol. The van der Waals surface area contributed by atoms with Gasteiger partial charge in [-0.15, -0.1) is 11.3 Å². The molecule has 0 bridgehead atoms. The standard InChI is InChI=1S/C27H18ClF6N3O3S2/c28-17-8-3-1-6-14(17)21-15(12-35)24(42-13-20(38)36-18-9-4-2-7-16(18)26(29,30)31)37-25(40,27(32,33)34)22(21)23(39)19-10-5-11-41-19/h1-11,21-22,37,40H,13H2,(H,36,38)/t21-,22-,25+/m0/s1. The van der Waals surface area contributed by atoms with Crippen LogP contribution in [0, 0.1) is 17.2 Å². The highest BCUT2D eigenvalue weighted by molar-refractivity contribution is 8.03. The minimum Gasteiger partial charge on any atom is -0.363 e. The molecule has 220 valence electrons. The molecule has 1 amide bonds. The van der Waals surface area contributed by atoms with Crippen LogP contribution >= 0.6 is 34.7 Å². The first-order valence-electron chi connectivity index (χ1n) is 11.8. The van der Waals surface area contributed by atoms with Gasteiger partial charge in [-0.05, 0) is 35.2 Å². The number of rotatable bonds is 7. The van der Waals surface area contributed by atoms with Crippen LogP contribution in [0.4, 0.5) is 32.0 Å². The lowest BCUT2D eigenvalue weighted by molar-refractivity contribution is -0.285. The number of benzene rings is 2. The molecule has 0 aliphatic carbocycles. The quantitative estimate of drug-likeness (QED) is 0.190. The lowest BCUT2D eigenvalue weighted by Crippen LogP contribution is -2.66. The van der Waals surface area contributed by atoms with E-state index in [1.807, 2.05) is 5.32 Å². The molecular weight excluding hydrogens is 628 g/mol. The van der Waals surface area contributed by atoms with E-state index in [9.17, 15) is 46.3 Å². The van der Waals surface area contributed by atoms with Gasteiger partial charge >= 0.3 is 12.4 Å². The van der Waals surface area contributed by atoms with Crippen LogP contribution in [0.5, 0.6) is 0 Å². The van der Waals surface area contributed by atoms with Crippen LogP contribution in [0.2, 0.25) is 5.02 Å². The predicted octanol–water partition coefficient (Wildman–Crippen LogP) is 6.96. The number of Topliss-reactive ketones (excluding diaryl/α,β-unsaturated/α-hetero) is 1. The average Bonchev–Trinajstić information content (AvgIpc) is 3.46. The third kappa shape index (κ3) is 6.14. The van der Waals surface area contributed by atoms with Crippen LogP contribution in [0.15, 0.2) is 76.6 Å². The summed E-state index contributed by atoms with van der Waals surface area (Å²) in [7, 11) is 0. The van der Waals surface area contributed by atoms with Gasteiger partial charge in [0.1, 0.15) is 0 Å². The largest absolute Gasteiger partial charge is 0.437 e. The van der Waals surface area contributed by atoms with Crippen molar-refractivity contribution in [1.29, 1.82) is 5.26 Å². The monoisotopic (exact) mass is 645 g/mol. The molecule has 1 aliphatic heterocycles. The number of nitriles is 1. The Morgan fingerprint density at radius 2 is 1.74 bits per heavy atom. The fraction of sp³-hybridized carbons (Fsp3) is 0.222. The number of halogens is 7. The van der Waals surface area contributed by atoms with Crippen LogP contribution < -0.4 is 10.6 Å². The zero-order chi connectivity index (χ0) is 30.9. The van der Waals surface area contributed by atoms with Gasteiger partial charge in [0.05, 0.1) is 44.5 Å². The number of allylic oxidation sites excluding steroid dienone is 1. The van der Waals surface area contributed by atoms with Crippen LogP contribution in [0.3, 0.4) is 0 Å². The summed E-state index contributed by atoms with van der Waals surface area (Å²) in [6.45, 7) is 0. The highest BCUT2D eigenvalue weighted by Gasteiger charge is 2.66. The Morgan fingerprint density at radius 1 is 1.07 bits per heavy atom. The molecule has 3 N–H and O–H groups in total. The lowest BCUT2D eigenvalue weighted by atomic mass is 9.70. The zero-order valence-electron chi connectivity index (χ0n) is 20.9. The number of carbonyl (C=O) groups is 2. The van der Waals surface area contributed by atoms with E-state index < -0.39 is 69.2 Å². The van der Waals surface area contributed by atoms with Gasteiger partial charge in [-0.1, -0.05) is 59.8 Å². The van der Waals surface area contributed by atoms with Crippen molar-refractivity contribution in [2.75, 3.05) is 11.1 Å². The normalized spacial score (nSPS) is 20.9. The van der Waals surface area contributed by atoms with Crippen molar-refractivity contribution in [2.45, 2.75) is 24.0 Å². The number of para-hydroxylation sites is 1. The molecule has 15 heteroatoms. The number of amides is 1. The molecule has 3 atom stereocenters. The first-order valence-corrected chi connectivity index (χ1v) is 14.1. The Kier molecular flexibility index (Phi) is 8.98. The Bertz CT molecular complexity index is 1570. The molecule has 42 heavy (non-hydrogen) atoms. The number of nitrogens with one attached hydrogen (secondary N) is 2. The van der Waals surface area contributed by atoms with E-state index in [2.05, 4.69) is 5.32 Å². The van der Waals surface area contributed by atoms with Gasteiger partial charge in [0.25, 0.3) is 0 Å². The van der Waals surface area contributed by atoms with Gasteiger partial charge < -0.3 is 15.7 Å². The second-order valence-electron chi connectivity index (χ2n) is 8.94. The summed E-state index contributed by atoms with van der Waals surface area (Å²) >= 11 is 7.50. The smallest absolute Gasteiger partial charge is 0.363 e. The molecule has 0 saturated heterocycles. The van der Waals surface area contributed by atoms with Crippen molar-refractivity contribution in [3.63, 3.8) is 0 Å². The number of thiophene rings is 1. The minimum absolute atomic E-state index is 0.0588. The molecule has 2 heterocycles. The first-order chi connectivity index (χ1) is 19.7. The fourth-order valence-electron chi connectivity index (χ4n) is 4.49. The summed E-state index contributed by atoms with van der Waals surface area (Å²) in [4.78, 5) is 26.1.